The SMILES string of the molecule is COc1cc([C@H](C)N)ccc1OCc1ccccc1.Cl. The third-order valence-electron chi connectivity index (χ3n) is 2.95. The Morgan fingerprint density at radius 3 is 2.35 bits per heavy atom. The van der Waals surface area contributed by atoms with Crippen LogP contribution in [0.25, 0.3) is 0 Å². The van der Waals surface area contributed by atoms with Crippen LogP contribution in [-0.4, -0.2) is 7.11 Å². The fraction of sp³-hybridized carbons (Fsp3) is 0.250. The second-order valence-electron chi connectivity index (χ2n) is 4.47. The van der Waals surface area contributed by atoms with E-state index < -0.39 is 0 Å². The zero-order chi connectivity index (χ0) is 13.7. The molecular weight excluding hydrogens is 274 g/mol. The molecular formula is C16H20ClNO2. The van der Waals surface area contributed by atoms with Crippen LogP contribution in [0, 0.1) is 0 Å². The number of hydrogen-bond acceptors (Lipinski definition) is 3. The Bertz CT molecular complexity index is 529. The zero-order valence-electron chi connectivity index (χ0n) is 11.7. The Kier molecular flexibility index (Phi) is 6.36. The largest absolute Gasteiger partial charge is 0.493 e. The molecule has 1 atom stereocenters. The van der Waals surface area contributed by atoms with E-state index in [2.05, 4.69) is 0 Å². The average molecular weight is 294 g/mol. The van der Waals surface area contributed by atoms with Gasteiger partial charge in [0.05, 0.1) is 7.11 Å². The lowest BCUT2D eigenvalue weighted by atomic mass is 10.1. The molecule has 0 radical (unpaired) electrons. The molecule has 0 saturated carbocycles. The van der Waals surface area contributed by atoms with Crippen LogP contribution in [0.1, 0.15) is 24.1 Å². The van der Waals surface area contributed by atoms with Gasteiger partial charge in [0.2, 0.25) is 0 Å². The fourth-order valence-corrected chi connectivity index (χ4v) is 1.82. The average Bonchev–Trinajstić information content (AvgIpc) is 2.45. The lowest BCUT2D eigenvalue weighted by molar-refractivity contribution is 0.284. The van der Waals surface area contributed by atoms with Gasteiger partial charge in [-0.3, -0.25) is 0 Å². The molecule has 20 heavy (non-hydrogen) atoms. The van der Waals surface area contributed by atoms with E-state index >= 15 is 0 Å². The number of ether oxygens (including phenoxy) is 2. The summed E-state index contributed by atoms with van der Waals surface area (Å²) in [5.41, 5.74) is 8.01. The van der Waals surface area contributed by atoms with Gasteiger partial charge < -0.3 is 15.2 Å². The highest BCUT2D eigenvalue weighted by atomic mass is 35.5. The summed E-state index contributed by atoms with van der Waals surface area (Å²) in [6, 6.07) is 15.8. The number of methoxy groups -OCH3 is 1. The Morgan fingerprint density at radius 2 is 1.75 bits per heavy atom. The number of hydrogen-bond donors (Lipinski definition) is 1. The fourth-order valence-electron chi connectivity index (χ4n) is 1.82. The first kappa shape index (κ1) is 16.3. The highest BCUT2D eigenvalue weighted by Crippen LogP contribution is 2.30. The molecule has 0 amide bonds. The molecule has 2 aromatic rings. The molecule has 2 N–H and O–H groups in total. The summed E-state index contributed by atoms with van der Waals surface area (Å²) in [6.45, 7) is 2.47. The summed E-state index contributed by atoms with van der Waals surface area (Å²) >= 11 is 0. The molecule has 0 unspecified atom stereocenters. The Hall–Kier alpha value is -1.71. The van der Waals surface area contributed by atoms with Crippen molar-refractivity contribution in [3.63, 3.8) is 0 Å². The van der Waals surface area contributed by atoms with E-state index in [0.717, 1.165) is 16.9 Å². The minimum Gasteiger partial charge on any atom is -0.493 e. The second-order valence-corrected chi connectivity index (χ2v) is 4.47. The van der Waals surface area contributed by atoms with E-state index in [1.165, 1.54) is 0 Å². The van der Waals surface area contributed by atoms with Crippen LogP contribution in [0.4, 0.5) is 0 Å². The molecule has 2 rings (SSSR count). The molecule has 0 bridgehead atoms. The first-order valence-electron chi connectivity index (χ1n) is 6.31. The van der Waals surface area contributed by atoms with E-state index in [-0.39, 0.29) is 18.4 Å². The number of rotatable bonds is 5. The van der Waals surface area contributed by atoms with Crippen molar-refractivity contribution in [2.24, 2.45) is 5.73 Å². The Morgan fingerprint density at radius 1 is 1.05 bits per heavy atom. The topological polar surface area (TPSA) is 44.5 Å². The summed E-state index contributed by atoms with van der Waals surface area (Å²) in [7, 11) is 1.63. The van der Waals surface area contributed by atoms with Gasteiger partial charge in [-0.05, 0) is 30.2 Å². The van der Waals surface area contributed by atoms with E-state index in [9.17, 15) is 0 Å². The van der Waals surface area contributed by atoms with E-state index in [1.54, 1.807) is 7.11 Å². The van der Waals surface area contributed by atoms with Crippen molar-refractivity contribution in [2.45, 2.75) is 19.6 Å². The van der Waals surface area contributed by atoms with Crippen LogP contribution in [0.2, 0.25) is 0 Å². The van der Waals surface area contributed by atoms with Crippen LogP contribution in [0.15, 0.2) is 48.5 Å². The van der Waals surface area contributed by atoms with Crippen molar-refractivity contribution < 1.29 is 9.47 Å². The van der Waals surface area contributed by atoms with Crippen molar-refractivity contribution in [3.05, 3.63) is 59.7 Å². The van der Waals surface area contributed by atoms with Gasteiger partial charge in [0.1, 0.15) is 6.61 Å². The van der Waals surface area contributed by atoms with Crippen molar-refractivity contribution in [1.29, 1.82) is 0 Å². The molecule has 108 valence electrons. The predicted molar refractivity (Wildman–Crippen MR) is 83.6 cm³/mol. The molecule has 2 aromatic carbocycles. The smallest absolute Gasteiger partial charge is 0.161 e. The highest BCUT2D eigenvalue weighted by Gasteiger charge is 2.08. The van der Waals surface area contributed by atoms with Crippen molar-refractivity contribution >= 4 is 12.4 Å². The predicted octanol–water partition coefficient (Wildman–Crippen LogP) is 3.72. The molecule has 4 heteroatoms. The van der Waals surface area contributed by atoms with Crippen molar-refractivity contribution in [1.82, 2.24) is 0 Å². The standard InChI is InChI=1S/C16H19NO2.ClH/c1-12(17)14-8-9-15(16(10-14)18-2)19-11-13-6-4-3-5-7-13;/h3-10,12H,11,17H2,1-2H3;1H/t12-;/m0./s1. The molecule has 0 aromatic heterocycles. The maximum Gasteiger partial charge on any atom is 0.161 e. The molecule has 0 fully saturated rings. The summed E-state index contributed by atoms with van der Waals surface area (Å²) in [4.78, 5) is 0. The molecule has 0 aliphatic carbocycles. The quantitative estimate of drug-likeness (QED) is 0.914. The minimum atomic E-state index is -0.0166. The summed E-state index contributed by atoms with van der Waals surface area (Å²) in [6.07, 6.45) is 0. The van der Waals surface area contributed by atoms with E-state index in [1.807, 2.05) is 55.5 Å². The van der Waals surface area contributed by atoms with E-state index in [4.69, 9.17) is 15.2 Å². The van der Waals surface area contributed by atoms with Gasteiger partial charge >= 0.3 is 0 Å². The third kappa shape index (κ3) is 4.15. The third-order valence-corrected chi connectivity index (χ3v) is 2.95. The van der Waals surface area contributed by atoms with Crippen LogP contribution in [0.3, 0.4) is 0 Å². The zero-order valence-corrected chi connectivity index (χ0v) is 12.5. The van der Waals surface area contributed by atoms with Gasteiger partial charge in [-0.1, -0.05) is 36.4 Å². The number of halogens is 1. The van der Waals surface area contributed by atoms with Crippen molar-refractivity contribution in [2.75, 3.05) is 7.11 Å². The minimum absolute atomic E-state index is 0. The summed E-state index contributed by atoms with van der Waals surface area (Å²) in [5, 5.41) is 0. The number of nitrogens with two attached hydrogens (primary N) is 1. The normalized spacial score (nSPS) is 11.3. The van der Waals surface area contributed by atoms with Crippen LogP contribution >= 0.6 is 12.4 Å². The molecule has 0 aliphatic rings. The Balaban J connectivity index is 0.00000200. The first-order valence-corrected chi connectivity index (χ1v) is 6.31. The molecule has 0 saturated heterocycles. The molecule has 0 spiro atoms. The maximum atomic E-state index is 5.86. The van der Waals surface area contributed by atoms with Crippen LogP contribution < -0.4 is 15.2 Å². The Labute approximate surface area is 126 Å². The van der Waals surface area contributed by atoms with Gasteiger partial charge in [0, 0.05) is 6.04 Å². The van der Waals surface area contributed by atoms with Gasteiger partial charge in [0.25, 0.3) is 0 Å². The molecule has 3 nitrogen and oxygen atoms in total. The molecule has 0 heterocycles. The highest BCUT2D eigenvalue weighted by molar-refractivity contribution is 5.85. The van der Waals surface area contributed by atoms with Gasteiger partial charge in [0.15, 0.2) is 11.5 Å². The van der Waals surface area contributed by atoms with Gasteiger partial charge in [-0.25, -0.2) is 0 Å². The van der Waals surface area contributed by atoms with Crippen LogP contribution in [-0.2, 0) is 6.61 Å². The summed E-state index contributed by atoms with van der Waals surface area (Å²) < 4.78 is 11.1. The van der Waals surface area contributed by atoms with Gasteiger partial charge in [-0.15, -0.1) is 12.4 Å². The lowest BCUT2D eigenvalue weighted by Gasteiger charge is -2.13. The van der Waals surface area contributed by atoms with Gasteiger partial charge in [-0.2, -0.15) is 0 Å². The maximum absolute atomic E-state index is 5.86. The first-order chi connectivity index (χ1) is 9.20. The molecule has 0 aliphatic heterocycles. The summed E-state index contributed by atoms with van der Waals surface area (Å²) in [5.74, 6) is 1.45. The number of benzene rings is 2. The second kappa shape index (κ2) is 7.78. The van der Waals surface area contributed by atoms with Crippen LogP contribution in [0.5, 0.6) is 11.5 Å². The lowest BCUT2D eigenvalue weighted by Crippen LogP contribution is -2.05. The van der Waals surface area contributed by atoms with Crippen molar-refractivity contribution in [3.8, 4) is 11.5 Å². The monoisotopic (exact) mass is 293 g/mol. The van der Waals surface area contributed by atoms with E-state index in [0.29, 0.717) is 12.4 Å².